The average molecular weight is 282 g/mol. The van der Waals surface area contributed by atoms with Crippen LogP contribution < -0.4 is 10.2 Å². The van der Waals surface area contributed by atoms with Gasteiger partial charge in [-0.15, -0.1) is 0 Å². The van der Waals surface area contributed by atoms with Crippen LogP contribution in [0, 0.1) is 0 Å². The highest BCUT2D eigenvalue weighted by molar-refractivity contribution is 5.91. The largest absolute Gasteiger partial charge is 0.367 e. The van der Waals surface area contributed by atoms with Crippen LogP contribution in [-0.4, -0.2) is 35.0 Å². The normalized spacial score (nSPS) is 17.7. The fourth-order valence-corrected chi connectivity index (χ4v) is 2.72. The Morgan fingerprint density at radius 2 is 2.14 bits per heavy atom. The van der Waals surface area contributed by atoms with Crippen molar-refractivity contribution in [3.05, 3.63) is 54.6 Å². The molecule has 5 heteroatoms. The van der Waals surface area contributed by atoms with Gasteiger partial charge in [-0.3, -0.25) is 9.78 Å². The Kier molecular flexibility index (Phi) is 4.09. The summed E-state index contributed by atoms with van der Waals surface area (Å²) in [5.41, 5.74) is 1.58. The standard InChI is InChI=1S/C16H18N4O/c21-16(15-12-17-8-9-18-15)19-11-14-7-4-10-20(14)13-5-2-1-3-6-13/h1-3,5-6,8-9,12,14H,4,7,10-11H2,(H,19,21). The van der Waals surface area contributed by atoms with Gasteiger partial charge >= 0.3 is 0 Å². The van der Waals surface area contributed by atoms with Crippen molar-refractivity contribution >= 4 is 11.6 Å². The summed E-state index contributed by atoms with van der Waals surface area (Å²) in [4.78, 5) is 22.3. The molecule has 1 unspecified atom stereocenters. The van der Waals surface area contributed by atoms with Crippen molar-refractivity contribution < 1.29 is 4.79 Å². The molecule has 0 spiro atoms. The minimum Gasteiger partial charge on any atom is -0.367 e. The molecule has 0 bridgehead atoms. The minimum absolute atomic E-state index is 0.164. The molecule has 2 heterocycles. The van der Waals surface area contributed by atoms with Crippen LogP contribution in [0.4, 0.5) is 5.69 Å². The van der Waals surface area contributed by atoms with Crippen molar-refractivity contribution in [2.75, 3.05) is 18.0 Å². The van der Waals surface area contributed by atoms with Gasteiger partial charge in [0.15, 0.2) is 0 Å². The quantitative estimate of drug-likeness (QED) is 0.930. The van der Waals surface area contributed by atoms with Gasteiger partial charge < -0.3 is 10.2 Å². The van der Waals surface area contributed by atoms with E-state index >= 15 is 0 Å². The molecule has 3 rings (SSSR count). The molecule has 5 nitrogen and oxygen atoms in total. The number of hydrogen-bond acceptors (Lipinski definition) is 4. The molecule has 1 fully saturated rings. The van der Waals surface area contributed by atoms with E-state index in [1.165, 1.54) is 18.1 Å². The minimum atomic E-state index is -0.164. The number of nitrogens with one attached hydrogen (secondary N) is 1. The van der Waals surface area contributed by atoms with E-state index in [0.29, 0.717) is 18.3 Å². The van der Waals surface area contributed by atoms with Crippen molar-refractivity contribution in [1.29, 1.82) is 0 Å². The molecule has 0 radical (unpaired) electrons. The second-order valence-corrected chi connectivity index (χ2v) is 5.13. The van der Waals surface area contributed by atoms with Crippen molar-refractivity contribution in [3.8, 4) is 0 Å². The topological polar surface area (TPSA) is 58.1 Å². The maximum absolute atomic E-state index is 12.0. The van der Waals surface area contributed by atoms with E-state index in [9.17, 15) is 4.79 Å². The van der Waals surface area contributed by atoms with E-state index < -0.39 is 0 Å². The van der Waals surface area contributed by atoms with Gasteiger partial charge in [0.25, 0.3) is 5.91 Å². The lowest BCUT2D eigenvalue weighted by Crippen LogP contribution is -2.40. The predicted octanol–water partition coefficient (Wildman–Crippen LogP) is 1.88. The second-order valence-electron chi connectivity index (χ2n) is 5.13. The number of aromatic nitrogens is 2. The highest BCUT2D eigenvalue weighted by Crippen LogP contribution is 2.24. The lowest BCUT2D eigenvalue weighted by atomic mass is 10.2. The summed E-state index contributed by atoms with van der Waals surface area (Å²) in [6.07, 6.45) is 6.82. The maximum atomic E-state index is 12.0. The number of carbonyl (C=O) groups is 1. The van der Waals surface area contributed by atoms with Crippen molar-refractivity contribution in [2.24, 2.45) is 0 Å². The summed E-state index contributed by atoms with van der Waals surface area (Å²) >= 11 is 0. The molecule has 1 amide bonds. The van der Waals surface area contributed by atoms with Crippen LogP contribution in [0.5, 0.6) is 0 Å². The first-order chi connectivity index (χ1) is 10.3. The molecular formula is C16H18N4O. The van der Waals surface area contributed by atoms with Gasteiger partial charge in [-0.2, -0.15) is 0 Å². The number of anilines is 1. The van der Waals surface area contributed by atoms with Crippen LogP contribution in [0.2, 0.25) is 0 Å². The van der Waals surface area contributed by atoms with Crippen LogP contribution in [-0.2, 0) is 0 Å². The monoisotopic (exact) mass is 282 g/mol. The summed E-state index contributed by atoms with van der Waals surface area (Å²) in [6.45, 7) is 1.67. The molecule has 1 saturated heterocycles. The molecule has 0 saturated carbocycles. The average Bonchev–Trinajstić information content (AvgIpc) is 3.03. The third-order valence-electron chi connectivity index (χ3n) is 3.76. The molecule has 1 aromatic heterocycles. The van der Waals surface area contributed by atoms with E-state index in [-0.39, 0.29) is 5.91 Å². The number of carbonyl (C=O) groups excluding carboxylic acids is 1. The molecule has 1 atom stereocenters. The fourth-order valence-electron chi connectivity index (χ4n) is 2.72. The van der Waals surface area contributed by atoms with Gasteiger partial charge in [-0.05, 0) is 25.0 Å². The Morgan fingerprint density at radius 1 is 1.29 bits per heavy atom. The number of benzene rings is 1. The third kappa shape index (κ3) is 3.18. The van der Waals surface area contributed by atoms with Gasteiger partial charge in [0.05, 0.1) is 6.20 Å². The zero-order chi connectivity index (χ0) is 14.5. The fraction of sp³-hybridized carbons (Fsp3) is 0.312. The smallest absolute Gasteiger partial charge is 0.271 e. The Morgan fingerprint density at radius 3 is 2.90 bits per heavy atom. The molecule has 2 aromatic rings. The van der Waals surface area contributed by atoms with E-state index in [4.69, 9.17) is 0 Å². The molecule has 1 aliphatic heterocycles. The summed E-state index contributed by atoms with van der Waals surface area (Å²) in [5, 5.41) is 2.96. The highest BCUT2D eigenvalue weighted by atomic mass is 16.1. The number of amides is 1. The molecule has 21 heavy (non-hydrogen) atoms. The first-order valence-corrected chi connectivity index (χ1v) is 7.20. The number of hydrogen-bond donors (Lipinski definition) is 1. The highest BCUT2D eigenvalue weighted by Gasteiger charge is 2.25. The SMILES string of the molecule is O=C(NCC1CCCN1c1ccccc1)c1cnccn1. The van der Waals surface area contributed by atoms with Gasteiger partial charge in [-0.25, -0.2) is 4.98 Å². The summed E-state index contributed by atoms with van der Waals surface area (Å²) in [6, 6.07) is 10.7. The molecule has 0 aliphatic carbocycles. The summed E-state index contributed by atoms with van der Waals surface area (Å²) in [5.74, 6) is -0.164. The van der Waals surface area contributed by atoms with Crippen LogP contribution in [0.25, 0.3) is 0 Å². The van der Waals surface area contributed by atoms with E-state index in [2.05, 4.69) is 32.3 Å². The molecular weight excluding hydrogens is 264 g/mol. The van der Waals surface area contributed by atoms with Crippen LogP contribution in [0.1, 0.15) is 23.3 Å². The third-order valence-corrected chi connectivity index (χ3v) is 3.76. The van der Waals surface area contributed by atoms with Crippen molar-refractivity contribution in [2.45, 2.75) is 18.9 Å². The van der Waals surface area contributed by atoms with E-state index in [1.807, 2.05) is 18.2 Å². The van der Waals surface area contributed by atoms with Crippen molar-refractivity contribution in [1.82, 2.24) is 15.3 Å². The lowest BCUT2D eigenvalue weighted by molar-refractivity contribution is 0.0946. The summed E-state index contributed by atoms with van der Waals surface area (Å²) < 4.78 is 0. The second kappa shape index (κ2) is 6.35. The van der Waals surface area contributed by atoms with Crippen molar-refractivity contribution in [3.63, 3.8) is 0 Å². The lowest BCUT2D eigenvalue weighted by Gasteiger charge is -2.27. The predicted molar refractivity (Wildman–Crippen MR) is 81.2 cm³/mol. The first kappa shape index (κ1) is 13.5. The van der Waals surface area contributed by atoms with Gasteiger partial charge in [0.1, 0.15) is 5.69 Å². The Labute approximate surface area is 124 Å². The summed E-state index contributed by atoms with van der Waals surface area (Å²) in [7, 11) is 0. The number of rotatable bonds is 4. The van der Waals surface area contributed by atoms with Gasteiger partial charge in [-0.1, -0.05) is 18.2 Å². The molecule has 1 aliphatic rings. The number of para-hydroxylation sites is 1. The van der Waals surface area contributed by atoms with E-state index in [1.54, 1.807) is 6.20 Å². The Balaban J connectivity index is 1.61. The van der Waals surface area contributed by atoms with E-state index in [0.717, 1.165) is 19.4 Å². The zero-order valence-electron chi connectivity index (χ0n) is 11.8. The van der Waals surface area contributed by atoms with Crippen LogP contribution in [0.3, 0.4) is 0 Å². The molecule has 1 N–H and O–H groups in total. The molecule has 1 aromatic carbocycles. The number of nitrogens with zero attached hydrogens (tertiary/aromatic N) is 3. The van der Waals surface area contributed by atoms with Gasteiger partial charge in [0, 0.05) is 37.2 Å². The molecule has 108 valence electrons. The Hall–Kier alpha value is -2.43. The first-order valence-electron chi connectivity index (χ1n) is 7.20. The zero-order valence-corrected chi connectivity index (χ0v) is 11.8. The van der Waals surface area contributed by atoms with Crippen LogP contribution in [0.15, 0.2) is 48.9 Å². The Bertz CT molecular complexity index is 588. The van der Waals surface area contributed by atoms with Gasteiger partial charge in [0.2, 0.25) is 0 Å². The maximum Gasteiger partial charge on any atom is 0.271 e. The van der Waals surface area contributed by atoms with Crippen LogP contribution >= 0.6 is 0 Å².